The number of amides is 3. The molecule has 39 heavy (non-hydrogen) atoms. The van der Waals surface area contributed by atoms with E-state index in [-0.39, 0.29) is 17.0 Å². The van der Waals surface area contributed by atoms with Crippen molar-refractivity contribution >= 4 is 29.1 Å². The summed E-state index contributed by atoms with van der Waals surface area (Å²) in [5.74, 6) is 4.56. The number of anilines is 3. The predicted molar refractivity (Wildman–Crippen MR) is 150 cm³/mol. The van der Waals surface area contributed by atoms with Crippen LogP contribution in [0.1, 0.15) is 57.3 Å². The van der Waals surface area contributed by atoms with Crippen LogP contribution < -0.4 is 20.7 Å². The molecule has 3 N–H and O–H groups in total. The SMILES string of the molecule is CC(C)N1CCC(C#COc2ccc(C(=O)Nc3ccc(NC(=O)Nc4cc(C(C)(C)C)on4)cc3)nc2)C1. The smallest absolute Gasteiger partial charge is 0.324 e. The van der Waals surface area contributed by atoms with Gasteiger partial charge in [-0.25, -0.2) is 9.78 Å². The average molecular weight is 531 g/mol. The number of ether oxygens (including phenoxy) is 1. The molecule has 2 aromatic heterocycles. The highest BCUT2D eigenvalue weighted by Gasteiger charge is 2.23. The van der Waals surface area contributed by atoms with Crippen LogP contribution in [0.4, 0.5) is 22.0 Å². The molecule has 4 rings (SSSR count). The lowest BCUT2D eigenvalue weighted by molar-refractivity contribution is 0.102. The normalized spacial score (nSPS) is 15.4. The van der Waals surface area contributed by atoms with E-state index in [1.807, 2.05) is 20.8 Å². The van der Waals surface area contributed by atoms with Gasteiger partial charge in [0.2, 0.25) is 0 Å². The predicted octanol–water partition coefficient (Wildman–Crippen LogP) is 5.33. The van der Waals surface area contributed by atoms with Gasteiger partial charge in [-0.15, -0.1) is 0 Å². The van der Waals surface area contributed by atoms with Crippen molar-refractivity contribution in [2.24, 2.45) is 5.92 Å². The molecule has 0 bridgehead atoms. The summed E-state index contributed by atoms with van der Waals surface area (Å²) in [5.41, 5.74) is 1.12. The number of hydrogen-bond donors (Lipinski definition) is 3. The number of urea groups is 1. The van der Waals surface area contributed by atoms with Gasteiger partial charge in [0.15, 0.2) is 11.6 Å². The second-order valence-electron chi connectivity index (χ2n) is 10.7. The quantitative estimate of drug-likeness (QED) is 0.368. The third kappa shape index (κ3) is 7.82. The van der Waals surface area contributed by atoms with E-state index in [2.05, 4.69) is 56.9 Å². The Labute approximate surface area is 228 Å². The summed E-state index contributed by atoms with van der Waals surface area (Å²) >= 11 is 0. The summed E-state index contributed by atoms with van der Waals surface area (Å²) in [4.78, 5) is 31.5. The highest BCUT2D eigenvalue weighted by molar-refractivity contribution is 6.03. The molecule has 0 aliphatic carbocycles. The van der Waals surface area contributed by atoms with Crippen LogP contribution in [-0.4, -0.2) is 46.1 Å². The van der Waals surface area contributed by atoms with Gasteiger partial charge in [-0.1, -0.05) is 31.8 Å². The van der Waals surface area contributed by atoms with Gasteiger partial charge < -0.3 is 19.9 Å². The van der Waals surface area contributed by atoms with Gasteiger partial charge in [0.25, 0.3) is 5.91 Å². The third-order valence-corrected chi connectivity index (χ3v) is 6.24. The largest absolute Gasteiger partial charge is 0.406 e. The Morgan fingerprint density at radius 2 is 1.79 bits per heavy atom. The fraction of sp³-hybridized carbons (Fsp3) is 0.379. The van der Waals surface area contributed by atoms with Crippen LogP contribution in [-0.2, 0) is 5.41 Å². The van der Waals surface area contributed by atoms with E-state index >= 15 is 0 Å². The summed E-state index contributed by atoms with van der Waals surface area (Å²) in [5, 5.41) is 12.0. The molecule has 10 heteroatoms. The zero-order valence-electron chi connectivity index (χ0n) is 22.9. The lowest BCUT2D eigenvalue weighted by Gasteiger charge is -2.18. The second kappa shape index (κ2) is 12.0. The molecule has 3 aromatic rings. The Hall–Kier alpha value is -4.36. The summed E-state index contributed by atoms with van der Waals surface area (Å²) in [7, 11) is 0. The maximum absolute atomic E-state index is 12.6. The Balaban J connectivity index is 1.24. The van der Waals surface area contributed by atoms with Crippen LogP contribution in [0.25, 0.3) is 0 Å². The molecular weight excluding hydrogens is 496 g/mol. The van der Waals surface area contributed by atoms with Gasteiger partial charge in [-0.05, 0) is 63.2 Å². The zero-order valence-corrected chi connectivity index (χ0v) is 22.9. The molecule has 10 nitrogen and oxygen atoms in total. The van der Waals surface area contributed by atoms with Gasteiger partial charge in [-0.3, -0.25) is 15.0 Å². The van der Waals surface area contributed by atoms with Crippen LogP contribution in [0.15, 0.2) is 53.2 Å². The molecule has 0 saturated carbocycles. The first kappa shape index (κ1) is 27.7. The van der Waals surface area contributed by atoms with Gasteiger partial charge in [0.05, 0.1) is 6.20 Å². The Morgan fingerprint density at radius 1 is 1.08 bits per heavy atom. The van der Waals surface area contributed by atoms with E-state index in [4.69, 9.17) is 9.26 Å². The van der Waals surface area contributed by atoms with Crippen molar-refractivity contribution in [1.82, 2.24) is 15.0 Å². The number of pyridine rings is 1. The minimum Gasteiger partial charge on any atom is -0.406 e. The minimum atomic E-state index is -0.461. The van der Waals surface area contributed by atoms with Gasteiger partial charge in [0, 0.05) is 41.4 Å². The topological polar surface area (TPSA) is 122 Å². The maximum Gasteiger partial charge on any atom is 0.324 e. The fourth-order valence-electron chi connectivity index (χ4n) is 3.92. The molecule has 3 amide bonds. The molecule has 1 saturated heterocycles. The second-order valence-corrected chi connectivity index (χ2v) is 10.7. The van der Waals surface area contributed by atoms with Crippen LogP contribution in [0.3, 0.4) is 0 Å². The van der Waals surface area contributed by atoms with Gasteiger partial charge in [0.1, 0.15) is 17.6 Å². The molecule has 0 spiro atoms. The number of nitrogens with zero attached hydrogens (tertiary/aromatic N) is 3. The summed E-state index contributed by atoms with van der Waals surface area (Å²) in [6.45, 7) is 12.4. The van der Waals surface area contributed by atoms with Crippen LogP contribution in [0, 0.1) is 17.9 Å². The number of nitrogens with one attached hydrogen (secondary N) is 3. The van der Waals surface area contributed by atoms with Crippen LogP contribution in [0.2, 0.25) is 0 Å². The van der Waals surface area contributed by atoms with E-state index in [1.54, 1.807) is 42.5 Å². The Morgan fingerprint density at radius 3 is 2.38 bits per heavy atom. The number of carbonyl (C=O) groups is 2. The van der Waals surface area contributed by atoms with Crippen molar-refractivity contribution in [1.29, 1.82) is 0 Å². The van der Waals surface area contributed by atoms with E-state index in [9.17, 15) is 9.59 Å². The maximum atomic E-state index is 12.6. The molecule has 1 atom stereocenters. The lowest BCUT2D eigenvalue weighted by atomic mass is 9.93. The molecule has 1 fully saturated rings. The monoisotopic (exact) mass is 530 g/mol. The van der Waals surface area contributed by atoms with Gasteiger partial charge in [-0.2, -0.15) is 0 Å². The molecule has 3 heterocycles. The van der Waals surface area contributed by atoms with Crippen molar-refractivity contribution in [2.75, 3.05) is 29.0 Å². The average Bonchev–Trinajstić information content (AvgIpc) is 3.56. The number of likely N-dealkylation sites (tertiary alicyclic amines) is 1. The molecule has 1 unspecified atom stereocenters. The van der Waals surface area contributed by atoms with Crippen molar-refractivity contribution in [3.05, 3.63) is 60.1 Å². The first-order valence-electron chi connectivity index (χ1n) is 12.9. The van der Waals surface area contributed by atoms with Crippen LogP contribution >= 0.6 is 0 Å². The summed E-state index contributed by atoms with van der Waals surface area (Å²) < 4.78 is 10.8. The van der Waals surface area contributed by atoms with Crippen molar-refractivity contribution in [3.63, 3.8) is 0 Å². The van der Waals surface area contributed by atoms with Crippen molar-refractivity contribution in [2.45, 2.75) is 52.5 Å². The molecule has 204 valence electrons. The van der Waals surface area contributed by atoms with Crippen molar-refractivity contribution < 1.29 is 18.8 Å². The number of carbonyl (C=O) groups excluding carboxylic acids is 2. The van der Waals surface area contributed by atoms with E-state index < -0.39 is 6.03 Å². The molecule has 1 aliphatic rings. The fourth-order valence-corrected chi connectivity index (χ4v) is 3.92. The van der Waals surface area contributed by atoms with E-state index in [0.29, 0.717) is 40.7 Å². The minimum absolute atomic E-state index is 0.214. The molecule has 0 radical (unpaired) electrons. The number of aromatic nitrogens is 2. The molecular formula is C29H34N6O4. The highest BCUT2D eigenvalue weighted by Crippen LogP contribution is 2.24. The molecule has 1 aliphatic heterocycles. The highest BCUT2D eigenvalue weighted by atomic mass is 16.5. The van der Waals surface area contributed by atoms with Crippen molar-refractivity contribution in [3.8, 4) is 17.8 Å². The summed E-state index contributed by atoms with van der Waals surface area (Å²) in [6.07, 6.45) is 5.29. The number of rotatable bonds is 6. The zero-order chi connectivity index (χ0) is 28.0. The van der Waals surface area contributed by atoms with Gasteiger partial charge >= 0.3 is 6.03 Å². The lowest BCUT2D eigenvalue weighted by Crippen LogP contribution is -2.28. The summed E-state index contributed by atoms with van der Waals surface area (Å²) in [6, 6.07) is 11.7. The van der Waals surface area contributed by atoms with E-state index in [0.717, 1.165) is 19.5 Å². The Kier molecular flexibility index (Phi) is 8.52. The standard InChI is InChI=1S/C29H34N6O4/c1-19(2)35-14-12-20(18-35)13-15-38-23-10-11-24(30-17-23)27(36)31-21-6-8-22(9-7-21)32-28(37)33-26-16-25(39-34-26)29(3,4)5/h6-11,16-17,19-20H,12,14,18H2,1-5H3,(H,31,36)(H2,32,33,34,37). The Bertz CT molecular complexity index is 1350. The first-order valence-corrected chi connectivity index (χ1v) is 12.9. The number of hydrogen-bond acceptors (Lipinski definition) is 7. The first-order chi connectivity index (χ1) is 18.6. The van der Waals surface area contributed by atoms with E-state index in [1.165, 1.54) is 6.20 Å². The molecule has 1 aromatic carbocycles. The third-order valence-electron chi connectivity index (χ3n) is 6.24. The number of benzene rings is 1. The van der Waals surface area contributed by atoms with Crippen LogP contribution in [0.5, 0.6) is 5.75 Å².